The second kappa shape index (κ2) is 10.7. The van der Waals surface area contributed by atoms with E-state index in [1.54, 1.807) is 0 Å². The van der Waals surface area contributed by atoms with E-state index >= 15 is 0 Å². The Morgan fingerprint density at radius 3 is 2.26 bits per heavy atom. The highest BCUT2D eigenvalue weighted by molar-refractivity contribution is 5.79. The summed E-state index contributed by atoms with van der Waals surface area (Å²) in [7, 11) is 0. The first-order chi connectivity index (χ1) is 16.4. The zero-order chi connectivity index (χ0) is 24.1. The van der Waals surface area contributed by atoms with E-state index < -0.39 is 12.1 Å². The van der Waals surface area contributed by atoms with Gasteiger partial charge in [-0.3, -0.25) is 9.59 Å². The van der Waals surface area contributed by atoms with E-state index in [-0.39, 0.29) is 42.7 Å². The maximum atomic E-state index is 12.3. The van der Waals surface area contributed by atoms with Crippen LogP contribution in [0.2, 0.25) is 0 Å². The molecular formula is C27H32N2O5. The van der Waals surface area contributed by atoms with Crippen LogP contribution in [-0.2, 0) is 14.3 Å². The van der Waals surface area contributed by atoms with Gasteiger partial charge in [-0.15, -0.1) is 0 Å². The quantitative estimate of drug-likeness (QED) is 0.455. The lowest BCUT2D eigenvalue weighted by Crippen LogP contribution is -2.46. The second-order valence-corrected chi connectivity index (χ2v) is 9.44. The van der Waals surface area contributed by atoms with E-state index in [0.29, 0.717) is 19.4 Å². The smallest absolute Gasteiger partial charge is 0.407 e. The Kier molecular flexibility index (Phi) is 7.50. The van der Waals surface area contributed by atoms with Crippen molar-refractivity contribution < 1.29 is 24.2 Å². The maximum Gasteiger partial charge on any atom is 0.407 e. The highest BCUT2D eigenvalue weighted by Crippen LogP contribution is 2.44. The van der Waals surface area contributed by atoms with Crippen LogP contribution in [-0.4, -0.2) is 42.3 Å². The Bertz CT molecular complexity index is 1000. The molecule has 180 valence electrons. The molecule has 2 aromatic carbocycles. The predicted octanol–water partition coefficient (Wildman–Crippen LogP) is 4.31. The van der Waals surface area contributed by atoms with Crippen molar-refractivity contribution in [3.05, 3.63) is 59.7 Å². The van der Waals surface area contributed by atoms with Gasteiger partial charge in [-0.25, -0.2) is 4.79 Å². The average Bonchev–Trinajstić information content (AvgIpc) is 3.12. The van der Waals surface area contributed by atoms with Crippen LogP contribution in [0, 0.1) is 11.8 Å². The largest absolute Gasteiger partial charge is 0.481 e. The number of carboxylic acid groups (broad SMARTS) is 1. The van der Waals surface area contributed by atoms with Crippen LogP contribution >= 0.6 is 0 Å². The number of benzene rings is 2. The third-order valence-corrected chi connectivity index (χ3v) is 6.92. The molecule has 1 saturated carbocycles. The molecule has 2 aliphatic rings. The van der Waals surface area contributed by atoms with Gasteiger partial charge < -0.3 is 20.5 Å². The number of alkyl carbamates (subject to hydrolysis) is 1. The van der Waals surface area contributed by atoms with Gasteiger partial charge in [-0.05, 0) is 53.9 Å². The SMILES string of the molecule is CC(CCCNC(=O)OCC1c2ccccc2-c2ccccc21)C(=O)NC1CC(CC(=O)O)C1. The number of hydrogen-bond acceptors (Lipinski definition) is 4. The van der Waals surface area contributed by atoms with Crippen LogP contribution in [0.4, 0.5) is 4.79 Å². The highest BCUT2D eigenvalue weighted by Gasteiger charge is 2.32. The number of aliphatic carboxylic acids is 1. The van der Waals surface area contributed by atoms with Gasteiger partial charge in [0.15, 0.2) is 0 Å². The molecule has 0 spiro atoms. The van der Waals surface area contributed by atoms with E-state index in [1.807, 2.05) is 31.2 Å². The van der Waals surface area contributed by atoms with Gasteiger partial charge in [0.1, 0.15) is 6.61 Å². The van der Waals surface area contributed by atoms with Crippen molar-refractivity contribution in [1.29, 1.82) is 0 Å². The first-order valence-corrected chi connectivity index (χ1v) is 12.0. The minimum atomic E-state index is -0.785. The Morgan fingerprint density at radius 1 is 1.03 bits per heavy atom. The second-order valence-electron chi connectivity index (χ2n) is 9.44. The molecule has 3 N–H and O–H groups in total. The average molecular weight is 465 g/mol. The highest BCUT2D eigenvalue weighted by atomic mass is 16.5. The Balaban J connectivity index is 1.14. The van der Waals surface area contributed by atoms with Crippen LogP contribution in [0.15, 0.2) is 48.5 Å². The molecule has 2 aliphatic carbocycles. The number of fused-ring (bicyclic) bond motifs is 3. The molecule has 0 saturated heterocycles. The summed E-state index contributed by atoms with van der Waals surface area (Å²) >= 11 is 0. The molecule has 2 aromatic rings. The summed E-state index contributed by atoms with van der Waals surface area (Å²) in [6.45, 7) is 2.59. The van der Waals surface area contributed by atoms with Crippen molar-refractivity contribution in [1.82, 2.24) is 10.6 Å². The zero-order valence-corrected chi connectivity index (χ0v) is 19.5. The number of carboxylic acids is 1. The van der Waals surface area contributed by atoms with Crippen LogP contribution in [0.3, 0.4) is 0 Å². The van der Waals surface area contributed by atoms with Crippen molar-refractivity contribution in [2.75, 3.05) is 13.2 Å². The molecule has 2 amide bonds. The standard InChI is InChI=1S/C27H32N2O5/c1-17(26(32)29-19-13-18(14-19)15-25(30)31)7-6-12-28-27(33)34-16-24-22-10-4-2-8-20(22)21-9-3-5-11-23(21)24/h2-5,8-11,17-19,24H,6-7,12-16H2,1H3,(H,28,33)(H,29,32)(H,30,31). The van der Waals surface area contributed by atoms with Gasteiger partial charge in [0.25, 0.3) is 0 Å². The third kappa shape index (κ3) is 5.58. The van der Waals surface area contributed by atoms with E-state index in [2.05, 4.69) is 34.9 Å². The molecule has 0 aliphatic heterocycles. The van der Waals surface area contributed by atoms with Crippen molar-refractivity contribution in [3.63, 3.8) is 0 Å². The third-order valence-electron chi connectivity index (χ3n) is 6.92. The summed E-state index contributed by atoms with van der Waals surface area (Å²) in [5, 5.41) is 14.6. The topological polar surface area (TPSA) is 105 Å². The van der Waals surface area contributed by atoms with Gasteiger partial charge in [0.2, 0.25) is 5.91 Å². The molecule has 0 heterocycles. The number of nitrogens with one attached hydrogen (secondary N) is 2. The van der Waals surface area contributed by atoms with Gasteiger partial charge in [0.05, 0.1) is 0 Å². The summed E-state index contributed by atoms with van der Waals surface area (Å²) in [5.74, 6) is -0.766. The minimum absolute atomic E-state index is 0.0140. The molecule has 1 fully saturated rings. The molecule has 0 aromatic heterocycles. The lowest BCUT2D eigenvalue weighted by atomic mass is 9.78. The Hall–Kier alpha value is -3.35. The maximum absolute atomic E-state index is 12.3. The van der Waals surface area contributed by atoms with Crippen LogP contribution in [0.25, 0.3) is 11.1 Å². The molecule has 7 heteroatoms. The molecule has 7 nitrogen and oxygen atoms in total. The van der Waals surface area contributed by atoms with E-state index in [9.17, 15) is 14.4 Å². The molecule has 1 atom stereocenters. The van der Waals surface area contributed by atoms with Crippen molar-refractivity contribution >= 4 is 18.0 Å². The summed E-state index contributed by atoms with van der Waals surface area (Å²) in [5.41, 5.74) is 4.74. The normalized spacial score (nSPS) is 19.3. The number of hydrogen-bond donors (Lipinski definition) is 3. The summed E-state index contributed by atoms with van der Waals surface area (Å²) in [4.78, 5) is 35.3. The van der Waals surface area contributed by atoms with Crippen LogP contribution in [0.1, 0.15) is 56.1 Å². The molecule has 34 heavy (non-hydrogen) atoms. The van der Waals surface area contributed by atoms with Gasteiger partial charge in [0, 0.05) is 30.8 Å². The van der Waals surface area contributed by atoms with E-state index in [1.165, 1.54) is 22.3 Å². The summed E-state index contributed by atoms with van der Waals surface area (Å²) in [6.07, 6.45) is 2.51. The van der Waals surface area contributed by atoms with Gasteiger partial charge in [-0.2, -0.15) is 0 Å². The predicted molar refractivity (Wildman–Crippen MR) is 128 cm³/mol. The molecule has 0 radical (unpaired) electrons. The Labute approximate surface area is 199 Å². The van der Waals surface area contributed by atoms with E-state index in [0.717, 1.165) is 12.8 Å². The number of carbonyl (C=O) groups excluding carboxylic acids is 2. The van der Waals surface area contributed by atoms with E-state index in [4.69, 9.17) is 9.84 Å². The van der Waals surface area contributed by atoms with Crippen molar-refractivity contribution in [2.45, 2.75) is 51.0 Å². The first-order valence-electron chi connectivity index (χ1n) is 12.0. The molecule has 1 unspecified atom stereocenters. The van der Waals surface area contributed by atoms with Crippen molar-refractivity contribution in [3.8, 4) is 11.1 Å². The monoisotopic (exact) mass is 464 g/mol. The first kappa shape index (κ1) is 23.8. The van der Waals surface area contributed by atoms with Gasteiger partial charge in [-0.1, -0.05) is 55.5 Å². The van der Waals surface area contributed by atoms with Crippen molar-refractivity contribution in [2.24, 2.45) is 11.8 Å². The fraction of sp³-hybridized carbons (Fsp3) is 0.444. The number of rotatable bonds is 10. The van der Waals surface area contributed by atoms with Gasteiger partial charge >= 0.3 is 12.1 Å². The molecular weight excluding hydrogens is 432 g/mol. The lowest BCUT2D eigenvalue weighted by Gasteiger charge is -2.35. The molecule has 0 bridgehead atoms. The minimum Gasteiger partial charge on any atom is -0.481 e. The number of carbonyl (C=O) groups is 3. The fourth-order valence-electron chi connectivity index (χ4n) is 4.99. The van der Waals surface area contributed by atoms with Crippen LogP contribution < -0.4 is 10.6 Å². The fourth-order valence-corrected chi connectivity index (χ4v) is 4.99. The zero-order valence-electron chi connectivity index (χ0n) is 19.5. The number of amides is 2. The lowest BCUT2D eigenvalue weighted by molar-refractivity contribution is -0.139. The van der Waals surface area contributed by atoms with Crippen LogP contribution in [0.5, 0.6) is 0 Å². The molecule has 4 rings (SSSR count). The summed E-state index contributed by atoms with van der Waals surface area (Å²) < 4.78 is 5.54. The summed E-state index contributed by atoms with van der Waals surface area (Å²) in [6, 6.07) is 16.5. The number of ether oxygens (including phenoxy) is 1. The Morgan fingerprint density at radius 2 is 1.65 bits per heavy atom.